The van der Waals surface area contributed by atoms with Crippen molar-refractivity contribution < 1.29 is 0 Å². The Hall–Kier alpha value is -1.96. The number of pyridine rings is 2. The second kappa shape index (κ2) is 3.02. The average molecular weight is 194 g/mol. The van der Waals surface area contributed by atoms with E-state index in [0.717, 1.165) is 16.4 Å². The van der Waals surface area contributed by atoms with Gasteiger partial charge in [0.25, 0.3) is 0 Å². The lowest BCUT2D eigenvalue weighted by Crippen LogP contribution is -1.86. The first kappa shape index (κ1) is 8.36. The number of hydrogen-bond donors (Lipinski definition) is 0. The van der Waals surface area contributed by atoms with Crippen molar-refractivity contribution in [3.8, 4) is 0 Å². The molecule has 15 heavy (non-hydrogen) atoms. The summed E-state index contributed by atoms with van der Waals surface area (Å²) < 4.78 is 0. The summed E-state index contributed by atoms with van der Waals surface area (Å²) in [7, 11) is 0. The molecule has 1 aromatic carbocycles. The molecule has 2 heteroatoms. The van der Waals surface area contributed by atoms with Gasteiger partial charge in [-0.3, -0.25) is 0 Å². The number of fused-ring (bicyclic) bond motifs is 3. The first-order valence-electron chi connectivity index (χ1n) is 4.95. The third-order valence-electron chi connectivity index (χ3n) is 2.58. The molecule has 2 nitrogen and oxygen atoms in total. The summed E-state index contributed by atoms with van der Waals surface area (Å²) in [6.07, 6.45) is 3.73. The molecule has 2 heterocycles. The van der Waals surface area contributed by atoms with Gasteiger partial charge in [0.15, 0.2) is 5.65 Å². The molecule has 0 aliphatic carbocycles. The Morgan fingerprint density at radius 2 is 1.73 bits per heavy atom. The fraction of sp³-hybridized carbons (Fsp3) is 0.0769. The van der Waals surface area contributed by atoms with Gasteiger partial charge in [0.1, 0.15) is 0 Å². The minimum absolute atomic E-state index is 0.819. The van der Waals surface area contributed by atoms with Gasteiger partial charge in [-0.2, -0.15) is 0 Å². The Morgan fingerprint density at radius 1 is 0.933 bits per heavy atom. The molecule has 0 radical (unpaired) electrons. The van der Waals surface area contributed by atoms with Crippen LogP contribution in [0.4, 0.5) is 0 Å². The van der Waals surface area contributed by atoms with Gasteiger partial charge >= 0.3 is 0 Å². The Kier molecular flexibility index (Phi) is 1.68. The fourth-order valence-corrected chi connectivity index (χ4v) is 1.85. The van der Waals surface area contributed by atoms with Crippen molar-refractivity contribution in [2.24, 2.45) is 0 Å². The monoisotopic (exact) mass is 194 g/mol. The summed E-state index contributed by atoms with van der Waals surface area (Å²) in [4.78, 5) is 8.66. The second-order valence-corrected chi connectivity index (χ2v) is 3.73. The van der Waals surface area contributed by atoms with E-state index in [0.29, 0.717) is 0 Å². The molecular weight excluding hydrogens is 184 g/mol. The number of hydrogen-bond acceptors (Lipinski definition) is 2. The summed E-state index contributed by atoms with van der Waals surface area (Å²) in [5.74, 6) is 0. The Labute approximate surface area is 87.6 Å². The van der Waals surface area contributed by atoms with Crippen LogP contribution in [0.15, 0.2) is 42.7 Å². The topological polar surface area (TPSA) is 25.8 Å². The molecule has 0 saturated carbocycles. The zero-order chi connectivity index (χ0) is 10.3. The van der Waals surface area contributed by atoms with Crippen LogP contribution < -0.4 is 0 Å². The highest BCUT2D eigenvalue weighted by atomic mass is 14.8. The van der Waals surface area contributed by atoms with Crippen LogP contribution >= 0.6 is 0 Å². The Balaban J connectivity index is 2.57. The molecule has 0 bridgehead atoms. The normalized spacial score (nSPS) is 11.0. The largest absolute Gasteiger partial charge is 0.236 e. The lowest BCUT2D eigenvalue weighted by molar-refractivity contribution is 1.27. The highest BCUT2D eigenvalue weighted by Crippen LogP contribution is 2.22. The van der Waals surface area contributed by atoms with E-state index in [-0.39, 0.29) is 0 Å². The predicted octanol–water partition coefficient (Wildman–Crippen LogP) is 3.09. The highest BCUT2D eigenvalue weighted by Gasteiger charge is 2.01. The van der Waals surface area contributed by atoms with Crippen molar-refractivity contribution in [1.82, 2.24) is 9.97 Å². The van der Waals surface area contributed by atoms with E-state index in [1.54, 1.807) is 0 Å². The van der Waals surface area contributed by atoms with E-state index in [1.165, 1.54) is 10.9 Å². The summed E-state index contributed by atoms with van der Waals surface area (Å²) in [6, 6.07) is 10.4. The number of rotatable bonds is 0. The first-order valence-corrected chi connectivity index (χ1v) is 4.95. The van der Waals surface area contributed by atoms with Crippen LogP contribution in [0, 0.1) is 6.92 Å². The van der Waals surface area contributed by atoms with Crippen molar-refractivity contribution in [2.75, 3.05) is 0 Å². The number of aromatic nitrogens is 2. The van der Waals surface area contributed by atoms with E-state index < -0.39 is 0 Å². The second-order valence-electron chi connectivity index (χ2n) is 3.73. The van der Waals surface area contributed by atoms with E-state index in [1.807, 2.05) is 31.5 Å². The summed E-state index contributed by atoms with van der Waals surface area (Å²) in [5.41, 5.74) is 1.99. The maximum absolute atomic E-state index is 4.34. The molecule has 0 fully saturated rings. The minimum Gasteiger partial charge on any atom is -0.236 e. The number of aryl methyl sites for hydroxylation is 1. The van der Waals surface area contributed by atoms with Gasteiger partial charge in [0.2, 0.25) is 0 Å². The van der Waals surface area contributed by atoms with Crippen molar-refractivity contribution in [3.05, 3.63) is 48.3 Å². The van der Waals surface area contributed by atoms with E-state index >= 15 is 0 Å². The molecule has 2 aromatic heterocycles. The fourth-order valence-electron chi connectivity index (χ4n) is 1.85. The molecular formula is C13H10N2. The van der Waals surface area contributed by atoms with E-state index in [2.05, 4.69) is 28.2 Å². The van der Waals surface area contributed by atoms with Crippen LogP contribution in [-0.4, -0.2) is 9.97 Å². The van der Waals surface area contributed by atoms with Gasteiger partial charge < -0.3 is 0 Å². The highest BCUT2D eigenvalue weighted by molar-refractivity contribution is 6.04. The van der Waals surface area contributed by atoms with Crippen LogP contribution in [0.3, 0.4) is 0 Å². The quantitative estimate of drug-likeness (QED) is 0.514. The van der Waals surface area contributed by atoms with Crippen molar-refractivity contribution in [1.29, 1.82) is 0 Å². The van der Waals surface area contributed by atoms with Crippen molar-refractivity contribution in [2.45, 2.75) is 6.92 Å². The molecule has 72 valence electrons. The third-order valence-corrected chi connectivity index (χ3v) is 2.58. The summed E-state index contributed by atoms with van der Waals surface area (Å²) >= 11 is 0. The lowest BCUT2D eigenvalue weighted by atomic mass is 10.1. The van der Waals surface area contributed by atoms with Crippen LogP contribution in [0.5, 0.6) is 0 Å². The standard InChI is InChI=1S/C13H10N2/c1-9-6-12-11-5-3-2-4-10(11)8-15-13(12)14-7-9/h2-8H,1H3. The first-order chi connectivity index (χ1) is 7.34. The van der Waals surface area contributed by atoms with E-state index in [9.17, 15) is 0 Å². The van der Waals surface area contributed by atoms with Gasteiger partial charge in [-0.25, -0.2) is 9.97 Å². The van der Waals surface area contributed by atoms with Gasteiger partial charge in [-0.15, -0.1) is 0 Å². The molecule has 3 aromatic rings. The maximum atomic E-state index is 4.34. The molecule has 0 unspecified atom stereocenters. The molecule has 0 aliphatic rings. The molecule has 0 atom stereocenters. The number of benzene rings is 1. The molecule has 3 rings (SSSR count). The van der Waals surface area contributed by atoms with Crippen molar-refractivity contribution >= 4 is 21.8 Å². The number of nitrogens with zero attached hydrogens (tertiary/aromatic N) is 2. The third kappa shape index (κ3) is 1.26. The molecule has 0 spiro atoms. The predicted molar refractivity (Wildman–Crippen MR) is 61.8 cm³/mol. The van der Waals surface area contributed by atoms with Crippen LogP contribution in [0.2, 0.25) is 0 Å². The Bertz CT molecular complexity index is 644. The van der Waals surface area contributed by atoms with Gasteiger partial charge in [-0.05, 0) is 23.9 Å². The van der Waals surface area contributed by atoms with Gasteiger partial charge in [-0.1, -0.05) is 24.3 Å². The molecule has 0 amide bonds. The SMILES string of the molecule is Cc1cnc2ncc3ccccc3c2c1. The average Bonchev–Trinajstić information content (AvgIpc) is 2.29. The van der Waals surface area contributed by atoms with Crippen LogP contribution in [0.25, 0.3) is 21.8 Å². The zero-order valence-corrected chi connectivity index (χ0v) is 8.44. The zero-order valence-electron chi connectivity index (χ0n) is 8.44. The summed E-state index contributed by atoms with van der Waals surface area (Å²) in [5, 5.41) is 3.52. The minimum atomic E-state index is 0.819. The van der Waals surface area contributed by atoms with Gasteiger partial charge in [0, 0.05) is 23.2 Å². The Morgan fingerprint density at radius 3 is 2.67 bits per heavy atom. The maximum Gasteiger partial charge on any atom is 0.159 e. The van der Waals surface area contributed by atoms with E-state index in [4.69, 9.17) is 0 Å². The van der Waals surface area contributed by atoms with Gasteiger partial charge in [0.05, 0.1) is 0 Å². The molecule has 0 N–H and O–H groups in total. The van der Waals surface area contributed by atoms with Crippen LogP contribution in [-0.2, 0) is 0 Å². The molecule has 0 saturated heterocycles. The summed E-state index contributed by atoms with van der Waals surface area (Å²) in [6.45, 7) is 2.05. The van der Waals surface area contributed by atoms with Crippen molar-refractivity contribution in [3.63, 3.8) is 0 Å². The smallest absolute Gasteiger partial charge is 0.159 e. The van der Waals surface area contributed by atoms with Crippen LogP contribution in [0.1, 0.15) is 5.56 Å². The lowest BCUT2D eigenvalue weighted by Gasteiger charge is -2.02. The molecule has 0 aliphatic heterocycles.